The van der Waals surface area contributed by atoms with Gasteiger partial charge in [-0.3, -0.25) is 0 Å². The Morgan fingerprint density at radius 1 is 1.10 bits per heavy atom. The van der Waals surface area contributed by atoms with Gasteiger partial charge in [-0.05, 0) is 48.9 Å². The van der Waals surface area contributed by atoms with E-state index in [-0.39, 0.29) is 23.3 Å². The summed E-state index contributed by atoms with van der Waals surface area (Å²) >= 11 is 0. The highest BCUT2D eigenvalue weighted by molar-refractivity contribution is 5.92. The van der Waals surface area contributed by atoms with Crippen LogP contribution in [-0.2, 0) is 0 Å². The summed E-state index contributed by atoms with van der Waals surface area (Å²) in [4.78, 5) is 9.30. The topological polar surface area (TPSA) is 94.5 Å². The average molecular weight is 392 g/mol. The van der Waals surface area contributed by atoms with Crippen LogP contribution < -0.4 is 16.1 Å². The Morgan fingerprint density at radius 3 is 2.83 bits per heavy atom. The number of hydrogen-bond acceptors (Lipinski definition) is 7. The van der Waals surface area contributed by atoms with Crippen molar-refractivity contribution < 1.29 is 9.50 Å². The smallest absolute Gasteiger partial charge is 0.165 e. The number of phenols is 1. The first-order valence-corrected chi connectivity index (χ1v) is 9.71. The molecular formula is C21H21FN6O. The van der Waals surface area contributed by atoms with Crippen LogP contribution in [0.4, 0.5) is 10.2 Å². The number of aromatic hydroxyl groups is 1. The number of hydrazone groups is 1. The Labute approximate surface area is 167 Å². The number of nitrogens with one attached hydrogen (secondary N) is 3. The number of nitrogens with zero attached hydrogens (tertiary/aromatic N) is 3. The van der Waals surface area contributed by atoms with E-state index in [1.165, 1.54) is 18.2 Å². The number of rotatable bonds is 4. The largest absolute Gasteiger partial charge is 0.507 e. The van der Waals surface area contributed by atoms with Gasteiger partial charge in [-0.15, -0.1) is 0 Å². The second kappa shape index (κ2) is 7.29. The lowest BCUT2D eigenvalue weighted by Gasteiger charge is -2.16. The molecule has 2 atom stereocenters. The van der Waals surface area contributed by atoms with Crippen LogP contribution in [0.3, 0.4) is 0 Å². The van der Waals surface area contributed by atoms with E-state index in [0.717, 1.165) is 42.5 Å². The molecule has 0 aliphatic carbocycles. The first-order chi connectivity index (χ1) is 14.2. The SMILES string of the molecule is Oc1ccc(F)cc1-c1nc(N[C@H]2CCNC2)c2ccc(C3C=NNC3)cc2n1. The first-order valence-electron chi connectivity index (χ1n) is 9.71. The van der Waals surface area contributed by atoms with Gasteiger partial charge in [-0.25, -0.2) is 14.4 Å². The van der Waals surface area contributed by atoms with Crippen molar-refractivity contribution >= 4 is 22.9 Å². The lowest BCUT2D eigenvalue weighted by atomic mass is 9.99. The van der Waals surface area contributed by atoms with E-state index in [0.29, 0.717) is 11.6 Å². The summed E-state index contributed by atoms with van der Waals surface area (Å²) in [5, 5.41) is 22.1. The summed E-state index contributed by atoms with van der Waals surface area (Å²) in [7, 11) is 0. The Hall–Kier alpha value is -3.26. The molecule has 5 rings (SSSR count). The van der Waals surface area contributed by atoms with Gasteiger partial charge < -0.3 is 21.2 Å². The minimum Gasteiger partial charge on any atom is -0.507 e. The van der Waals surface area contributed by atoms with E-state index in [1.807, 2.05) is 18.3 Å². The van der Waals surface area contributed by atoms with Crippen molar-refractivity contribution in [2.75, 3.05) is 25.0 Å². The molecule has 0 bridgehead atoms. The first kappa shape index (κ1) is 17.8. The monoisotopic (exact) mass is 392 g/mol. The number of phenolic OH excluding ortho intramolecular Hbond substituents is 1. The third-order valence-corrected chi connectivity index (χ3v) is 5.41. The molecule has 2 aliphatic rings. The maximum absolute atomic E-state index is 13.8. The van der Waals surface area contributed by atoms with Crippen LogP contribution >= 0.6 is 0 Å². The van der Waals surface area contributed by atoms with Crippen LogP contribution in [0.5, 0.6) is 5.75 Å². The van der Waals surface area contributed by atoms with E-state index in [9.17, 15) is 9.50 Å². The fourth-order valence-electron chi connectivity index (χ4n) is 3.82. The molecule has 4 N–H and O–H groups in total. The van der Waals surface area contributed by atoms with E-state index >= 15 is 0 Å². The maximum Gasteiger partial charge on any atom is 0.165 e. The second-order valence-corrected chi connectivity index (χ2v) is 7.41. The van der Waals surface area contributed by atoms with Gasteiger partial charge in [0.25, 0.3) is 0 Å². The van der Waals surface area contributed by atoms with Gasteiger partial charge in [0.15, 0.2) is 5.82 Å². The van der Waals surface area contributed by atoms with Crippen LogP contribution in [0.2, 0.25) is 0 Å². The summed E-state index contributed by atoms with van der Waals surface area (Å²) in [6, 6.07) is 10.1. The Kier molecular flexibility index (Phi) is 4.48. The van der Waals surface area contributed by atoms with E-state index < -0.39 is 5.82 Å². The summed E-state index contributed by atoms with van der Waals surface area (Å²) in [6.07, 6.45) is 2.87. The number of benzene rings is 2. The molecule has 1 saturated heterocycles. The highest BCUT2D eigenvalue weighted by atomic mass is 19.1. The molecule has 8 heteroatoms. The van der Waals surface area contributed by atoms with Crippen LogP contribution in [0.1, 0.15) is 17.9 Å². The van der Waals surface area contributed by atoms with E-state index in [1.54, 1.807) is 0 Å². The van der Waals surface area contributed by atoms with E-state index in [4.69, 9.17) is 0 Å². The van der Waals surface area contributed by atoms with Gasteiger partial charge in [-0.2, -0.15) is 5.10 Å². The molecule has 3 heterocycles. The number of hydrogen-bond donors (Lipinski definition) is 4. The molecule has 1 aromatic heterocycles. The maximum atomic E-state index is 13.8. The Balaban J connectivity index is 1.65. The van der Waals surface area contributed by atoms with Crippen LogP contribution in [-0.4, -0.2) is 47.0 Å². The summed E-state index contributed by atoms with van der Waals surface area (Å²) in [5.74, 6) is 0.654. The molecule has 1 fully saturated rings. The lowest BCUT2D eigenvalue weighted by Crippen LogP contribution is -2.23. The highest BCUT2D eigenvalue weighted by Gasteiger charge is 2.20. The molecule has 0 spiro atoms. The summed E-state index contributed by atoms with van der Waals surface area (Å²) in [5.41, 5.74) is 5.08. The van der Waals surface area contributed by atoms with Gasteiger partial charge in [0.2, 0.25) is 0 Å². The van der Waals surface area contributed by atoms with Gasteiger partial charge in [0, 0.05) is 36.7 Å². The molecule has 7 nitrogen and oxygen atoms in total. The summed E-state index contributed by atoms with van der Waals surface area (Å²) in [6.45, 7) is 2.55. The number of fused-ring (bicyclic) bond motifs is 1. The fraction of sp³-hybridized carbons (Fsp3) is 0.286. The van der Waals surface area contributed by atoms with Crippen molar-refractivity contribution in [2.24, 2.45) is 5.10 Å². The molecule has 0 amide bonds. The fourth-order valence-corrected chi connectivity index (χ4v) is 3.82. The third-order valence-electron chi connectivity index (χ3n) is 5.41. The predicted octanol–water partition coefficient (Wildman–Crippen LogP) is 2.59. The molecule has 1 unspecified atom stereocenters. The lowest BCUT2D eigenvalue weighted by molar-refractivity contribution is 0.475. The quantitative estimate of drug-likeness (QED) is 0.545. The van der Waals surface area contributed by atoms with E-state index in [2.05, 4.69) is 37.2 Å². The molecule has 0 saturated carbocycles. The predicted molar refractivity (Wildman–Crippen MR) is 111 cm³/mol. The van der Waals surface area contributed by atoms with Crippen molar-refractivity contribution in [1.82, 2.24) is 20.7 Å². The number of aromatic nitrogens is 2. The average Bonchev–Trinajstić information content (AvgIpc) is 3.43. The third kappa shape index (κ3) is 3.47. The normalized spacial score (nSPS) is 20.9. The van der Waals surface area contributed by atoms with Crippen LogP contribution in [0, 0.1) is 5.82 Å². The standard InChI is InChI=1S/C21H21FN6O/c22-14-2-4-19(29)17(8-14)21-27-18-7-12(13-9-24-25-10-13)1-3-16(18)20(28-21)26-15-5-6-23-11-15/h1-4,7-9,13,15,23,25,29H,5-6,10-11H2,(H,26,27,28)/t13?,15-/m0/s1. The number of halogens is 1. The zero-order valence-corrected chi connectivity index (χ0v) is 15.7. The van der Waals surface area contributed by atoms with Gasteiger partial charge in [0.1, 0.15) is 17.4 Å². The minimum absolute atomic E-state index is 0.0532. The zero-order valence-electron chi connectivity index (χ0n) is 15.7. The van der Waals surface area contributed by atoms with Gasteiger partial charge >= 0.3 is 0 Å². The van der Waals surface area contributed by atoms with Gasteiger partial charge in [0.05, 0.1) is 11.1 Å². The Morgan fingerprint density at radius 2 is 2.03 bits per heavy atom. The van der Waals surface area contributed by atoms with Crippen molar-refractivity contribution in [1.29, 1.82) is 0 Å². The second-order valence-electron chi connectivity index (χ2n) is 7.41. The van der Waals surface area contributed by atoms with Crippen molar-refractivity contribution in [3.8, 4) is 17.1 Å². The van der Waals surface area contributed by atoms with Gasteiger partial charge in [-0.1, -0.05) is 6.07 Å². The number of anilines is 1. The molecule has 2 aliphatic heterocycles. The minimum atomic E-state index is -0.446. The highest BCUT2D eigenvalue weighted by Crippen LogP contribution is 2.32. The molecule has 0 radical (unpaired) electrons. The molecular weight excluding hydrogens is 371 g/mol. The molecule has 2 aromatic carbocycles. The van der Waals surface area contributed by atoms with Crippen LogP contribution in [0.25, 0.3) is 22.3 Å². The van der Waals surface area contributed by atoms with Crippen molar-refractivity contribution in [2.45, 2.75) is 18.4 Å². The molecule has 3 aromatic rings. The van der Waals surface area contributed by atoms with Crippen molar-refractivity contribution in [3.63, 3.8) is 0 Å². The Bertz CT molecular complexity index is 1100. The zero-order chi connectivity index (χ0) is 19.8. The summed E-state index contributed by atoms with van der Waals surface area (Å²) < 4.78 is 13.8. The van der Waals surface area contributed by atoms with Crippen LogP contribution in [0.15, 0.2) is 41.5 Å². The molecule has 148 valence electrons. The molecule has 29 heavy (non-hydrogen) atoms. The van der Waals surface area contributed by atoms with Crippen molar-refractivity contribution in [3.05, 3.63) is 47.8 Å².